The summed E-state index contributed by atoms with van der Waals surface area (Å²) < 4.78 is 5.09. The lowest BCUT2D eigenvalue weighted by atomic mass is 10.1. The third kappa shape index (κ3) is 4.97. The molecule has 0 bridgehead atoms. The zero-order valence-corrected chi connectivity index (χ0v) is 12.6. The number of rotatable bonds is 7. The van der Waals surface area contributed by atoms with Crippen LogP contribution in [0.1, 0.15) is 23.7 Å². The average molecular weight is 306 g/mol. The predicted octanol–water partition coefficient (Wildman–Crippen LogP) is -0.0395. The Hall–Kier alpha value is -2.77. The number of nitrogens with one attached hydrogen (secondary N) is 2. The standard InChI is InChI=1S/C14H20N5O3/c1-8(20)11(5-6-18-14(16)17)19-13(21)10-7-9(15)3-4-12(10)22-2/h3-4,7,11,15H,5-6H2,1-2H3,(H,19,21)(H4,16,17,18)/t11-/m0/s1. The maximum absolute atomic E-state index is 12.3. The molecule has 0 saturated heterocycles. The Morgan fingerprint density at radius 3 is 2.64 bits per heavy atom. The number of methoxy groups -OCH3 is 1. The number of nitrogens with zero attached hydrogens (tertiary/aromatic N) is 1. The van der Waals surface area contributed by atoms with Crippen molar-refractivity contribution in [3.63, 3.8) is 0 Å². The van der Waals surface area contributed by atoms with Gasteiger partial charge in [0.1, 0.15) is 5.75 Å². The lowest BCUT2D eigenvalue weighted by Crippen LogP contribution is -2.40. The second-order valence-corrected chi connectivity index (χ2v) is 4.65. The summed E-state index contributed by atoms with van der Waals surface area (Å²) in [5.41, 5.74) is 18.4. The molecular formula is C14H20N5O3. The van der Waals surface area contributed by atoms with E-state index >= 15 is 0 Å². The van der Waals surface area contributed by atoms with Gasteiger partial charge in [0.05, 0.1) is 24.4 Å². The molecule has 0 unspecified atom stereocenters. The second-order valence-electron chi connectivity index (χ2n) is 4.65. The molecule has 0 saturated carbocycles. The lowest BCUT2D eigenvalue weighted by molar-refractivity contribution is -0.118. The summed E-state index contributed by atoms with van der Waals surface area (Å²) in [7, 11) is 1.43. The molecule has 1 atom stereocenters. The summed E-state index contributed by atoms with van der Waals surface area (Å²) in [5, 5.41) is 2.61. The molecule has 1 rings (SSSR count). The predicted molar refractivity (Wildman–Crippen MR) is 83.0 cm³/mol. The highest BCUT2D eigenvalue weighted by molar-refractivity contribution is 6.00. The number of Topliss-reactive ketones (excluding diaryl/α,β-unsaturated/α-hetero) is 1. The molecule has 0 fully saturated rings. The smallest absolute Gasteiger partial charge is 0.255 e. The molecule has 0 aliphatic rings. The molecule has 1 amide bonds. The zero-order valence-electron chi connectivity index (χ0n) is 12.6. The van der Waals surface area contributed by atoms with Gasteiger partial charge in [-0.3, -0.25) is 14.6 Å². The molecule has 0 aliphatic heterocycles. The van der Waals surface area contributed by atoms with Gasteiger partial charge in [0.2, 0.25) is 0 Å². The van der Waals surface area contributed by atoms with Gasteiger partial charge in [-0.2, -0.15) is 0 Å². The fraction of sp³-hybridized carbons (Fsp3) is 0.357. The van der Waals surface area contributed by atoms with Crippen LogP contribution in [0.4, 0.5) is 5.69 Å². The van der Waals surface area contributed by atoms with Gasteiger partial charge in [0.25, 0.3) is 5.91 Å². The normalized spacial score (nSPS) is 11.4. The number of carbonyl (C=O) groups is 2. The number of ether oxygens (including phenoxy) is 1. The third-order valence-corrected chi connectivity index (χ3v) is 2.95. The summed E-state index contributed by atoms with van der Waals surface area (Å²) in [4.78, 5) is 27.7. The van der Waals surface area contributed by atoms with Crippen molar-refractivity contribution in [3.8, 4) is 5.75 Å². The van der Waals surface area contributed by atoms with Crippen LogP contribution in [0.25, 0.3) is 0 Å². The first-order chi connectivity index (χ1) is 10.3. The van der Waals surface area contributed by atoms with Gasteiger partial charge in [-0.25, -0.2) is 0 Å². The van der Waals surface area contributed by atoms with E-state index in [-0.39, 0.29) is 36.0 Å². The number of carbonyl (C=O) groups excluding carboxylic acids is 2. The van der Waals surface area contributed by atoms with E-state index in [2.05, 4.69) is 10.3 Å². The number of ketones is 1. The van der Waals surface area contributed by atoms with E-state index < -0.39 is 11.9 Å². The van der Waals surface area contributed by atoms with Crippen molar-refractivity contribution in [3.05, 3.63) is 23.8 Å². The summed E-state index contributed by atoms with van der Waals surface area (Å²) in [6, 6.07) is 3.70. The van der Waals surface area contributed by atoms with E-state index in [1.54, 1.807) is 0 Å². The summed E-state index contributed by atoms with van der Waals surface area (Å²) in [6.07, 6.45) is 0.280. The number of amides is 1. The molecule has 119 valence electrons. The van der Waals surface area contributed by atoms with Gasteiger partial charge in [-0.05, 0) is 31.5 Å². The van der Waals surface area contributed by atoms with Crippen LogP contribution in [-0.4, -0.2) is 37.3 Å². The van der Waals surface area contributed by atoms with E-state index in [1.807, 2.05) is 0 Å². The Labute approximate surface area is 128 Å². The van der Waals surface area contributed by atoms with Crippen LogP contribution in [0, 0.1) is 0 Å². The van der Waals surface area contributed by atoms with Crippen molar-refractivity contribution in [2.75, 3.05) is 13.7 Å². The number of guanidine groups is 1. The van der Waals surface area contributed by atoms with Crippen LogP contribution < -0.4 is 27.3 Å². The number of hydrogen-bond donors (Lipinski definition) is 3. The Morgan fingerprint density at radius 2 is 2.09 bits per heavy atom. The van der Waals surface area contributed by atoms with Crippen LogP contribution in [0.2, 0.25) is 0 Å². The maximum Gasteiger partial charge on any atom is 0.255 e. The molecule has 0 aromatic heterocycles. The van der Waals surface area contributed by atoms with Crippen LogP contribution in [0.3, 0.4) is 0 Å². The SMILES string of the molecule is COc1ccc([NH])cc1C(=O)N[C@@H](CCN=C(N)N)C(C)=O. The molecule has 6 N–H and O–H groups in total. The molecule has 1 aromatic carbocycles. The zero-order chi connectivity index (χ0) is 16.7. The number of nitrogens with two attached hydrogens (primary N) is 2. The van der Waals surface area contributed by atoms with Gasteiger partial charge in [0.15, 0.2) is 11.7 Å². The van der Waals surface area contributed by atoms with Crippen molar-refractivity contribution in [1.29, 1.82) is 0 Å². The monoisotopic (exact) mass is 306 g/mol. The second kappa shape index (κ2) is 7.87. The van der Waals surface area contributed by atoms with Crippen molar-refractivity contribution in [2.24, 2.45) is 16.5 Å². The Kier molecular flexibility index (Phi) is 6.18. The van der Waals surface area contributed by atoms with Crippen molar-refractivity contribution < 1.29 is 14.3 Å². The van der Waals surface area contributed by atoms with Crippen molar-refractivity contribution in [2.45, 2.75) is 19.4 Å². The lowest BCUT2D eigenvalue weighted by Gasteiger charge is -2.16. The molecule has 22 heavy (non-hydrogen) atoms. The van der Waals surface area contributed by atoms with Crippen LogP contribution in [-0.2, 0) is 4.79 Å². The molecule has 8 heteroatoms. The van der Waals surface area contributed by atoms with Crippen molar-refractivity contribution >= 4 is 23.3 Å². The number of aliphatic imine (C=N–C) groups is 1. The van der Waals surface area contributed by atoms with Crippen molar-refractivity contribution in [1.82, 2.24) is 11.1 Å². The Morgan fingerprint density at radius 1 is 1.41 bits per heavy atom. The van der Waals surface area contributed by atoms with E-state index in [0.29, 0.717) is 5.75 Å². The molecule has 0 aliphatic carbocycles. The highest BCUT2D eigenvalue weighted by atomic mass is 16.5. The van der Waals surface area contributed by atoms with Gasteiger partial charge in [-0.1, -0.05) is 0 Å². The average Bonchev–Trinajstić information content (AvgIpc) is 2.45. The molecule has 1 radical (unpaired) electrons. The molecule has 1 aromatic rings. The summed E-state index contributed by atoms with van der Waals surface area (Å²) in [5.74, 6) is -0.437. The minimum absolute atomic E-state index is 0.0720. The third-order valence-electron chi connectivity index (χ3n) is 2.95. The van der Waals surface area contributed by atoms with E-state index in [0.717, 1.165) is 0 Å². The van der Waals surface area contributed by atoms with E-state index in [4.69, 9.17) is 21.9 Å². The summed E-state index contributed by atoms with van der Waals surface area (Å²) in [6.45, 7) is 1.60. The van der Waals surface area contributed by atoms with Gasteiger partial charge < -0.3 is 27.3 Å². The van der Waals surface area contributed by atoms with Crippen LogP contribution >= 0.6 is 0 Å². The largest absolute Gasteiger partial charge is 0.496 e. The highest BCUT2D eigenvalue weighted by Gasteiger charge is 2.20. The number of benzene rings is 1. The van der Waals surface area contributed by atoms with E-state index in [9.17, 15) is 9.59 Å². The first kappa shape index (κ1) is 17.3. The quantitative estimate of drug-likeness (QED) is 0.478. The fourth-order valence-electron chi connectivity index (χ4n) is 1.82. The van der Waals surface area contributed by atoms with Crippen LogP contribution in [0.15, 0.2) is 23.2 Å². The minimum Gasteiger partial charge on any atom is -0.496 e. The topological polar surface area (TPSA) is 144 Å². The van der Waals surface area contributed by atoms with Gasteiger partial charge in [0, 0.05) is 6.54 Å². The first-order valence-electron chi connectivity index (χ1n) is 6.61. The Balaban J connectivity index is 2.85. The molecular weight excluding hydrogens is 286 g/mol. The fourth-order valence-corrected chi connectivity index (χ4v) is 1.82. The molecule has 0 heterocycles. The van der Waals surface area contributed by atoms with Gasteiger partial charge >= 0.3 is 0 Å². The number of hydrogen-bond acceptors (Lipinski definition) is 4. The molecule has 0 spiro atoms. The van der Waals surface area contributed by atoms with Gasteiger partial charge in [-0.15, -0.1) is 0 Å². The first-order valence-corrected chi connectivity index (χ1v) is 6.61. The summed E-state index contributed by atoms with van der Waals surface area (Å²) >= 11 is 0. The van der Waals surface area contributed by atoms with Crippen LogP contribution in [0.5, 0.6) is 5.75 Å². The minimum atomic E-state index is -0.713. The van der Waals surface area contributed by atoms with E-state index in [1.165, 1.54) is 32.2 Å². The maximum atomic E-state index is 12.3. The Bertz CT molecular complexity index is 582. The highest BCUT2D eigenvalue weighted by Crippen LogP contribution is 2.21. The molecule has 8 nitrogen and oxygen atoms in total.